The van der Waals surface area contributed by atoms with E-state index in [1.165, 1.54) is 0 Å². The van der Waals surface area contributed by atoms with E-state index in [0.717, 1.165) is 5.76 Å². The smallest absolute Gasteiger partial charge is 0.375 e. The van der Waals surface area contributed by atoms with Crippen molar-refractivity contribution in [2.24, 2.45) is 0 Å². The summed E-state index contributed by atoms with van der Waals surface area (Å²) in [5.41, 5.74) is 0.621. The van der Waals surface area contributed by atoms with Crippen LogP contribution >= 0.6 is 0 Å². The molecule has 0 N–H and O–H groups in total. The Morgan fingerprint density at radius 3 is 2.80 bits per heavy atom. The predicted molar refractivity (Wildman–Crippen MR) is 53.9 cm³/mol. The van der Waals surface area contributed by atoms with E-state index < -0.39 is 5.97 Å². The largest absolute Gasteiger partial charge is 0.460 e. The van der Waals surface area contributed by atoms with Gasteiger partial charge in [-0.05, 0) is 26.8 Å². The van der Waals surface area contributed by atoms with Crippen molar-refractivity contribution in [3.05, 3.63) is 23.3 Å². The van der Waals surface area contributed by atoms with E-state index in [0.29, 0.717) is 23.3 Å². The minimum absolute atomic E-state index is 0.223. The first-order chi connectivity index (χ1) is 7.13. The lowest BCUT2D eigenvalue weighted by Crippen LogP contribution is -2.03. The van der Waals surface area contributed by atoms with Gasteiger partial charge < -0.3 is 13.6 Å². The van der Waals surface area contributed by atoms with Crippen LogP contribution in [0.3, 0.4) is 0 Å². The quantitative estimate of drug-likeness (QED) is 0.712. The summed E-state index contributed by atoms with van der Waals surface area (Å²) in [7, 11) is 0. The lowest BCUT2D eigenvalue weighted by molar-refractivity contribution is 0.0491. The molecule has 0 atom stereocenters. The van der Waals surface area contributed by atoms with Crippen molar-refractivity contribution in [3.8, 4) is 0 Å². The van der Waals surface area contributed by atoms with Gasteiger partial charge in [0, 0.05) is 0 Å². The fourth-order valence-electron chi connectivity index (χ4n) is 1.55. The maximum absolute atomic E-state index is 11.5. The van der Waals surface area contributed by atoms with Gasteiger partial charge in [0.1, 0.15) is 11.5 Å². The number of hydrogen-bond acceptors (Lipinski definition) is 4. The Bertz CT molecular complexity index is 504. The molecule has 0 saturated carbocycles. The van der Waals surface area contributed by atoms with Gasteiger partial charge in [0.05, 0.1) is 12.0 Å². The van der Waals surface area contributed by atoms with Gasteiger partial charge in [-0.15, -0.1) is 0 Å². The highest BCUT2D eigenvalue weighted by atomic mass is 16.5. The molecule has 2 aromatic heterocycles. The number of carbonyl (C=O) groups is 1. The Balaban J connectivity index is 2.55. The molecule has 0 spiro atoms. The van der Waals surface area contributed by atoms with Crippen molar-refractivity contribution >= 4 is 16.9 Å². The Morgan fingerprint density at radius 1 is 1.40 bits per heavy atom. The standard InChI is InChI=1S/C11H12O4/c1-4-13-11(12)10-8-5-6(2)14-9(8)7(3)15-10/h5H,4H2,1-3H3. The number of aryl methyl sites for hydroxylation is 2. The van der Waals surface area contributed by atoms with Gasteiger partial charge in [-0.2, -0.15) is 0 Å². The first-order valence-corrected chi connectivity index (χ1v) is 4.80. The summed E-state index contributed by atoms with van der Waals surface area (Å²) in [6.45, 7) is 5.67. The minimum atomic E-state index is -0.448. The molecular weight excluding hydrogens is 196 g/mol. The topological polar surface area (TPSA) is 52.6 Å². The minimum Gasteiger partial charge on any atom is -0.460 e. The summed E-state index contributed by atoms with van der Waals surface area (Å²) in [6.07, 6.45) is 0. The molecule has 2 rings (SSSR count). The Kier molecular flexibility index (Phi) is 2.26. The van der Waals surface area contributed by atoms with E-state index >= 15 is 0 Å². The maximum atomic E-state index is 11.5. The molecule has 4 nitrogen and oxygen atoms in total. The number of fused-ring (bicyclic) bond motifs is 1. The number of carbonyl (C=O) groups excluding carboxylic acids is 1. The van der Waals surface area contributed by atoms with E-state index in [9.17, 15) is 4.79 Å². The highest BCUT2D eigenvalue weighted by Gasteiger charge is 2.21. The lowest BCUT2D eigenvalue weighted by Gasteiger charge is -1.96. The lowest BCUT2D eigenvalue weighted by atomic mass is 10.3. The van der Waals surface area contributed by atoms with Crippen molar-refractivity contribution in [1.29, 1.82) is 0 Å². The molecule has 80 valence electrons. The summed E-state index contributed by atoms with van der Waals surface area (Å²) in [4.78, 5) is 11.5. The Labute approximate surface area is 86.8 Å². The highest BCUT2D eigenvalue weighted by Crippen LogP contribution is 2.29. The zero-order valence-corrected chi connectivity index (χ0v) is 8.92. The molecule has 0 radical (unpaired) electrons. The first-order valence-electron chi connectivity index (χ1n) is 4.80. The van der Waals surface area contributed by atoms with Gasteiger partial charge in [0.25, 0.3) is 0 Å². The molecule has 15 heavy (non-hydrogen) atoms. The van der Waals surface area contributed by atoms with Crippen LogP contribution in [0.15, 0.2) is 14.9 Å². The van der Waals surface area contributed by atoms with Crippen LogP contribution in [0.5, 0.6) is 0 Å². The third kappa shape index (κ3) is 1.52. The van der Waals surface area contributed by atoms with Crippen LogP contribution in [0.4, 0.5) is 0 Å². The monoisotopic (exact) mass is 208 g/mol. The summed E-state index contributed by atoms with van der Waals surface area (Å²) >= 11 is 0. The molecule has 0 saturated heterocycles. The van der Waals surface area contributed by atoms with Crippen LogP contribution in [0.25, 0.3) is 11.0 Å². The molecule has 2 aromatic rings. The molecule has 0 aromatic carbocycles. The average molecular weight is 208 g/mol. The fourth-order valence-corrected chi connectivity index (χ4v) is 1.55. The van der Waals surface area contributed by atoms with Crippen LogP contribution in [-0.4, -0.2) is 12.6 Å². The Morgan fingerprint density at radius 2 is 2.13 bits per heavy atom. The molecule has 2 heterocycles. The molecule has 0 amide bonds. The third-order valence-electron chi connectivity index (χ3n) is 2.14. The van der Waals surface area contributed by atoms with Crippen LogP contribution in [0, 0.1) is 13.8 Å². The number of esters is 1. The molecule has 0 fully saturated rings. The van der Waals surface area contributed by atoms with Crippen LogP contribution in [0.2, 0.25) is 0 Å². The third-order valence-corrected chi connectivity index (χ3v) is 2.14. The zero-order chi connectivity index (χ0) is 11.0. The average Bonchev–Trinajstić information content (AvgIpc) is 2.67. The predicted octanol–water partition coefficient (Wildman–Crippen LogP) is 2.82. The van der Waals surface area contributed by atoms with Gasteiger partial charge in [0.2, 0.25) is 5.76 Å². The first kappa shape index (κ1) is 9.83. The molecular formula is C11H12O4. The molecule has 0 aliphatic carbocycles. The van der Waals surface area contributed by atoms with Gasteiger partial charge in [-0.3, -0.25) is 0 Å². The second kappa shape index (κ2) is 3.46. The summed E-state index contributed by atoms with van der Waals surface area (Å²) in [5, 5.41) is 0.684. The number of furan rings is 2. The zero-order valence-electron chi connectivity index (χ0n) is 8.92. The van der Waals surface area contributed by atoms with Crippen LogP contribution < -0.4 is 0 Å². The highest BCUT2D eigenvalue weighted by molar-refractivity contribution is 6.01. The van der Waals surface area contributed by atoms with Crippen molar-refractivity contribution in [2.75, 3.05) is 6.61 Å². The number of rotatable bonds is 2. The number of ether oxygens (including phenoxy) is 1. The second-order valence-corrected chi connectivity index (χ2v) is 3.31. The van der Waals surface area contributed by atoms with Gasteiger partial charge in [-0.1, -0.05) is 0 Å². The normalized spacial score (nSPS) is 10.9. The maximum Gasteiger partial charge on any atom is 0.375 e. The molecule has 0 aliphatic rings. The summed E-state index contributed by atoms with van der Waals surface area (Å²) in [6, 6.07) is 1.78. The number of hydrogen-bond donors (Lipinski definition) is 0. The SMILES string of the molecule is CCOC(=O)c1oc(C)c2oc(C)cc12. The Hall–Kier alpha value is -1.71. The van der Waals surface area contributed by atoms with E-state index in [-0.39, 0.29) is 5.76 Å². The van der Waals surface area contributed by atoms with Crippen molar-refractivity contribution in [2.45, 2.75) is 20.8 Å². The molecule has 0 unspecified atom stereocenters. The van der Waals surface area contributed by atoms with Crippen molar-refractivity contribution in [1.82, 2.24) is 0 Å². The van der Waals surface area contributed by atoms with Gasteiger partial charge in [-0.25, -0.2) is 4.79 Å². The van der Waals surface area contributed by atoms with Crippen LogP contribution in [-0.2, 0) is 4.74 Å². The van der Waals surface area contributed by atoms with Crippen molar-refractivity contribution < 1.29 is 18.4 Å². The summed E-state index contributed by atoms with van der Waals surface area (Å²) < 4.78 is 15.6. The van der Waals surface area contributed by atoms with E-state index in [2.05, 4.69) is 0 Å². The molecule has 0 aliphatic heterocycles. The van der Waals surface area contributed by atoms with Gasteiger partial charge in [0.15, 0.2) is 5.58 Å². The van der Waals surface area contributed by atoms with Crippen LogP contribution in [0.1, 0.15) is 29.0 Å². The molecule has 4 heteroatoms. The fraction of sp³-hybridized carbons (Fsp3) is 0.364. The van der Waals surface area contributed by atoms with Crippen molar-refractivity contribution in [3.63, 3.8) is 0 Å². The summed E-state index contributed by atoms with van der Waals surface area (Å²) in [5.74, 6) is 1.13. The van der Waals surface area contributed by atoms with Gasteiger partial charge >= 0.3 is 5.97 Å². The molecule has 0 bridgehead atoms. The van der Waals surface area contributed by atoms with E-state index in [1.807, 2.05) is 6.92 Å². The van der Waals surface area contributed by atoms with E-state index in [4.69, 9.17) is 13.6 Å². The second-order valence-electron chi connectivity index (χ2n) is 3.31. The van der Waals surface area contributed by atoms with E-state index in [1.54, 1.807) is 19.9 Å².